The second kappa shape index (κ2) is 5.06. The van der Waals surface area contributed by atoms with Gasteiger partial charge in [0.2, 0.25) is 0 Å². The average Bonchev–Trinajstić information content (AvgIpc) is 2.46. The van der Waals surface area contributed by atoms with Gasteiger partial charge in [0.05, 0.1) is 29.4 Å². The molecule has 0 amide bonds. The molecular formula is C16H19N3O. The standard InChI is InChI=1S/C16H19N3O/c1-18(2)12-7-8-14-16(11-12)19(9-10-20)15-6-4-3-5-13(15)17-14/h3-8,11,17,20H,9-10H2,1-2H3. The molecule has 0 aliphatic carbocycles. The Hall–Kier alpha value is -2.20. The van der Waals surface area contributed by atoms with Crippen LogP contribution in [0.15, 0.2) is 42.5 Å². The zero-order valence-corrected chi connectivity index (χ0v) is 11.8. The number of aliphatic hydroxyl groups excluding tert-OH is 1. The maximum atomic E-state index is 9.38. The van der Waals surface area contributed by atoms with E-state index in [1.54, 1.807) is 0 Å². The number of rotatable bonds is 3. The topological polar surface area (TPSA) is 38.7 Å². The Kier molecular flexibility index (Phi) is 3.24. The first kappa shape index (κ1) is 12.8. The first-order chi connectivity index (χ1) is 9.70. The molecule has 3 rings (SSSR count). The third kappa shape index (κ3) is 2.08. The molecule has 2 aromatic carbocycles. The molecule has 0 aromatic heterocycles. The molecule has 1 heterocycles. The van der Waals surface area contributed by atoms with Crippen molar-refractivity contribution >= 4 is 28.4 Å². The van der Waals surface area contributed by atoms with Crippen LogP contribution in [0.5, 0.6) is 0 Å². The molecule has 4 heteroatoms. The van der Waals surface area contributed by atoms with E-state index >= 15 is 0 Å². The van der Waals surface area contributed by atoms with Gasteiger partial charge in [-0.1, -0.05) is 12.1 Å². The summed E-state index contributed by atoms with van der Waals surface area (Å²) < 4.78 is 0. The number of hydrogen-bond acceptors (Lipinski definition) is 4. The van der Waals surface area contributed by atoms with Gasteiger partial charge < -0.3 is 20.2 Å². The van der Waals surface area contributed by atoms with Crippen molar-refractivity contribution < 1.29 is 5.11 Å². The van der Waals surface area contributed by atoms with Gasteiger partial charge in [-0.25, -0.2) is 0 Å². The van der Waals surface area contributed by atoms with Gasteiger partial charge in [-0.3, -0.25) is 0 Å². The van der Waals surface area contributed by atoms with E-state index in [9.17, 15) is 5.11 Å². The first-order valence-corrected chi connectivity index (χ1v) is 6.76. The number of aliphatic hydroxyl groups is 1. The molecule has 0 atom stereocenters. The fraction of sp³-hybridized carbons (Fsp3) is 0.250. The van der Waals surface area contributed by atoms with Gasteiger partial charge in [0.1, 0.15) is 0 Å². The third-order valence-electron chi connectivity index (χ3n) is 3.58. The van der Waals surface area contributed by atoms with Crippen LogP contribution in [0.2, 0.25) is 0 Å². The smallest absolute Gasteiger partial charge is 0.0672 e. The summed E-state index contributed by atoms with van der Waals surface area (Å²) in [5.41, 5.74) is 5.50. The Labute approximate surface area is 119 Å². The highest BCUT2D eigenvalue weighted by atomic mass is 16.3. The Bertz CT molecular complexity index is 625. The number of nitrogens with zero attached hydrogens (tertiary/aromatic N) is 2. The highest BCUT2D eigenvalue weighted by Crippen LogP contribution is 2.44. The normalized spacial score (nSPS) is 12.4. The number of para-hydroxylation sites is 2. The van der Waals surface area contributed by atoms with Crippen molar-refractivity contribution in [2.45, 2.75) is 0 Å². The Morgan fingerprint density at radius 2 is 1.80 bits per heavy atom. The lowest BCUT2D eigenvalue weighted by atomic mass is 10.1. The fourth-order valence-corrected chi connectivity index (χ4v) is 2.56. The highest BCUT2D eigenvalue weighted by Gasteiger charge is 2.22. The lowest BCUT2D eigenvalue weighted by Gasteiger charge is -2.34. The van der Waals surface area contributed by atoms with Crippen LogP contribution in [0.4, 0.5) is 28.4 Å². The van der Waals surface area contributed by atoms with Crippen molar-refractivity contribution in [2.24, 2.45) is 0 Å². The van der Waals surface area contributed by atoms with Gasteiger partial charge in [0.15, 0.2) is 0 Å². The van der Waals surface area contributed by atoms with Crippen molar-refractivity contribution in [3.8, 4) is 0 Å². The lowest BCUT2D eigenvalue weighted by molar-refractivity contribution is 0.305. The molecule has 0 bridgehead atoms. The van der Waals surface area contributed by atoms with E-state index in [1.165, 1.54) is 0 Å². The molecule has 2 N–H and O–H groups in total. The zero-order chi connectivity index (χ0) is 14.1. The minimum Gasteiger partial charge on any atom is -0.395 e. The monoisotopic (exact) mass is 269 g/mol. The second-order valence-corrected chi connectivity index (χ2v) is 5.11. The largest absolute Gasteiger partial charge is 0.395 e. The number of anilines is 5. The van der Waals surface area contributed by atoms with Gasteiger partial charge in [-0.05, 0) is 30.3 Å². The van der Waals surface area contributed by atoms with Crippen LogP contribution < -0.4 is 15.1 Å². The third-order valence-corrected chi connectivity index (χ3v) is 3.58. The predicted octanol–water partition coefficient (Wildman–Crippen LogP) is 2.94. The Morgan fingerprint density at radius 1 is 1.05 bits per heavy atom. The minimum absolute atomic E-state index is 0.125. The van der Waals surface area contributed by atoms with E-state index in [0.717, 1.165) is 28.4 Å². The van der Waals surface area contributed by atoms with Crippen LogP contribution in [-0.4, -0.2) is 32.4 Å². The molecule has 0 radical (unpaired) electrons. The average molecular weight is 269 g/mol. The van der Waals surface area contributed by atoms with E-state index in [2.05, 4.69) is 45.4 Å². The van der Waals surface area contributed by atoms with Gasteiger partial charge in [-0.2, -0.15) is 0 Å². The van der Waals surface area contributed by atoms with Crippen LogP contribution in [-0.2, 0) is 0 Å². The van der Waals surface area contributed by atoms with E-state index in [-0.39, 0.29) is 6.61 Å². The summed E-state index contributed by atoms with van der Waals surface area (Å²) in [4.78, 5) is 4.24. The SMILES string of the molecule is CN(C)c1ccc2c(c1)N(CCO)c1ccccc1N2. The number of hydrogen-bond donors (Lipinski definition) is 2. The Morgan fingerprint density at radius 3 is 2.55 bits per heavy atom. The van der Waals surface area contributed by atoms with Gasteiger partial charge >= 0.3 is 0 Å². The maximum absolute atomic E-state index is 9.38. The second-order valence-electron chi connectivity index (χ2n) is 5.11. The van der Waals surface area contributed by atoms with Gasteiger partial charge in [0, 0.05) is 26.3 Å². The van der Waals surface area contributed by atoms with Crippen molar-refractivity contribution in [2.75, 3.05) is 42.4 Å². The lowest BCUT2D eigenvalue weighted by Crippen LogP contribution is -2.26. The van der Waals surface area contributed by atoms with Crippen molar-refractivity contribution in [3.63, 3.8) is 0 Å². The zero-order valence-electron chi connectivity index (χ0n) is 11.8. The summed E-state index contributed by atoms with van der Waals surface area (Å²) in [6, 6.07) is 14.5. The summed E-state index contributed by atoms with van der Waals surface area (Å²) in [5.74, 6) is 0. The van der Waals surface area contributed by atoms with Crippen LogP contribution in [0.3, 0.4) is 0 Å². The molecule has 1 aliphatic rings. The van der Waals surface area contributed by atoms with Crippen LogP contribution in [0, 0.1) is 0 Å². The quantitative estimate of drug-likeness (QED) is 0.898. The first-order valence-electron chi connectivity index (χ1n) is 6.76. The van der Waals surface area contributed by atoms with Crippen LogP contribution in [0.1, 0.15) is 0 Å². The number of nitrogens with one attached hydrogen (secondary N) is 1. The minimum atomic E-state index is 0.125. The van der Waals surface area contributed by atoms with Crippen molar-refractivity contribution in [1.82, 2.24) is 0 Å². The molecule has 0 fully saturated rings. The molecule has 20 heavy (non-hydrogen) atoms. The number of fused-ring (bicyclic) bond motifs is 2. The van der Waals surface area contributed by atoms with E-state index in [0.29, 0.717) is 6.54 Å². The molecule has 4 nitrogen and oxygen atoms in total. The molecule has 0 saturated heterocycles. The Balaban J connectivity index is 2.11. The number of β-amino-alcohol motifs (C(OH)–C–C–N with tert-alkyl or cyclic N) is 1. The molecule has 0 spiro atoms. The van der Waals surface area contributed by atoms with Gasteiger partial charge in [-0.15, -0.1) is 0 Å². The van der Waals surface area contributed by atoms with E-state index < -0.39 is 0 Å². The maximum Gasteiger partial charge on any atom is 0.0672 e. The van der Waals surface area contributed by atoms with Crippen molar-refractivity contribution in [1.29, 1.82) is 0 Å². The fourth-order valence-electron chi connectivity index (χ4n) is 2.56. The number of benzene rings is 2. The highest BCUT2D eigenvalue weighted by molar-refractivity contribution is 5.93. The predicted molar refractivity (Wildman–Crippen MR) is 84.6 cm³/mol. The molecule has 0 saturated carbocycles. The van der Waals surface area contributed by atoms with Crippen molar-refractivity contribution in [3.05, 3.63) is 42.5 Å². The molecular weight excluding hydrogens is 250 g/mol. The van der Waals surface area contributed by atoms with E-state index in [1.807, 2.05) is 26.2 Å². The van der Waals surface area contributed by atoms with Gasteiger partial charge in [0.25, 0.3) is 0 Å². The summed E-state index contributed by atoms with van der Waals surface area (Å²) >= 11 is 0. The molecule has 0 unspecified atom stereocenters. The summed E-state index contributed by atoms with van der Waals surface area (Å²) in [6.45, 7) is 0.711. The summed E-state index contributed by atoms with van der Waals surface area (Å²) in [6.07, 6.45) is 0. The molecule has 2 aromatic rings. The van der Waals surface area contributed by atoms with Crippen LogP contribution in [0.25, 0.3) is 0 Å². The molecule has 1 aliphatic heterocycles. The summed E-state index contributed by atoms with van der Waals surface area (Å²) in [5, 5.41) is 12.8. The van der Waals surface area contributed by atoms with E-state index in [4.69, 9.17) is 0 Å². The summed E-state index contributed by atoms with van der Waals surface area (Å²) in [7, 11) is 4.06. The van der Waals surface area contributed by atoms with Crippen LogP contribution >= 0.6 is 0 Å². The molecule has 104 valence electrons.